The zero-order chi connectivity index (χ0) is 20.6. The van der Waals surface area contributed by atoms with Gasteiger partial charge in [0.05, 0.1) is 0 Å². The van der Waals surface area contributed by atoms with Gasteiger partial charge in [0.15, 0.2) is 0 Å². The molecule has 1 atom stereocenters. The zero-order valence-electron chi connectivity index (χ0n) is 17.1. The second-order valence-electron chi connectivity index (χ2n) is 7.25. The molecule has 0 spiro atoms. The van der Waals surface area contributed by atoms with Crippen LogP contribution in [0.15, 0.2) is 72.8 Å². The van der Waals surface area contributed by atoms with Crippen LogP contribution < -0.4 is 5.32 Å². The standard InChI is InChI=1S/C25H28N2O2/c1-19(25(29)26-2)27(18-17-20-9-4-3-5-10-20)24(28)16-15-22-13-8-12-21-11-6-7-14-23(21)22/h3-14,19H,15-18H2,1-2H3,(H,26,29). The third kappa shape index (κ3) is 5.23. The van der Waals surface area contributed by atoms with Crippen LogP contribution in [0.2, 0.25) is 0 Å². The van der Waals surface area contributed by atoms with Gasteiger partial charge in [-0.3, -0.25) is 9.59 Å². The molecular weight excluding hydrogens is 360 g/mol. The third-order valence-corrected chi connectivity index (χ3v) is 5.39. The Morgan fingerprint density at radius 3 is 2.34 bits per heavy atom. The minimum absolute atomic E-state index is 0.00460. The van der Waals surface area contributed by atoms with Gasteiger partial charge in [-0.15, -0.1) is 0 Å². The fourth-order valence-corrected chi connectivity index (χ4v) is 3.67. The van der Waals surface area contributed by atoms with Crippen molar-refractivity contribution in [3.63, 3.8) is 0 Å². The molecular formula is C25H28N2O2. The number of rotatable bonds is 8. The average molecular weight is 389 g/mol. The molecule has 3 aromatic rings. The van der Waals surface area contributed by atoms with E-state index in [1.807, 2.05) is 48.5 Å². The van der Waals surface area contributed by atoms with E-state index >= 15 is 0 Å². The van der Waals surface area contributed by atoms with Crippen molar-refractivity contribution in [1.29, 1.82) is 0 Å². The maximum atomic E-state index is 13.1. The number of amides is 2. The first-order valence-electron chi connectivity index (χ1n) is 10.1. The fourth-order valence-electron chi connectivity index (χ4n) is 3.67. The fraction of sp³-hybridized carbons (Fsp3) is 0.280. The molecule has 0 saturated heterocycles. The van der Waals surface area contributed by atoms with Gasteiger partial charge in [0.25, 0.3) is 0 Å². The molecule has 2 amide bonds. The molecule has 1 N–H and O–H groups in total. The smallest absolute Gasteiger partial charge is 0.242 e. The van der Waals surface area contributed by atoms with Gasteiger partial charge >= 0.3 is 0 Å². The van der Waals surface area contributed by atoms with Crippen LogP contribution >= 0.6 is 0 Å². The molecule has 0 aliphatic carbocycles. The molecule has 29 heavy (non-hydrogen) atoms. The van der Waals surface area contributed by atoms with Gasteiger partial charge in [0, 0.05) is 20.0 Å². The molecule has 0 heterocycles. The Labute approximate surface area is 172 Å². The van der Waals surface area contributed by atoms with Gasteiger partial charge in [-0.25, -0.2) is 0 Å². The Morgan fingerprint density at radius 1 is 0.897 bits per heavy atom. The Balaban J connectivity index is 1.72. The molecule has 3 rings (SSSR count). The predicted molar refractivity (Wildman–Crippen MR) is 118 cm³/mol. The normalized spacial score (nSPS) is 11.8. The van der Waals surface area contributed by atoms with Crippen LogP contribution in [-0.2, 0) is 22.4 Å². The second kappa shape index (κ2) is 9.87. The minimum atomic E-state index is -0.497. The van der Waals surface area contributed by atoms with Gasteiger partial charge in [-0.1, -0.05) is 72.8 Å². The van der Waals surface area contributed by atoms with E-state index in [1.54, 1.807) is 18.9 Å². The number of hydrogen-bond donors (Lipinski definition) is 1. The average Bonchev–Trinajstić information content (AvgIpc) is 2.77. The maximum Gasteiger partial charge on any atom is 0.242 e. The monoisotopic (exact) mass is 388 g/mol. The van der Waals surface area contributed by atoms with E-state index in [-0.39, 0.29) is 11.8 Å². The Bertz CT molecular complexity index is 963. The summed E-state index contributed by atoms with van der Waals surface area (Å²) in [4.78, 5) is 27.0. The highest BCUT2D eigenvalue weighted by molar-refractivity contribution is 5.88. The van der Waals surface area contributed by atoms with E-state index in [9.17, 15) is 9.59 Å². The van der Waals surface area contributed by atoms with Crippen molar-refractivity contribution < 1.29 is 9.59 Å². The van der Waals surface area contributed by atoms with Crippen LogP contribution in [0.25, 0.3) is 10.8 Å². The van der Waals surface area contributed by atoms with Crippen molar-refractivity contribution in [2.45, 2.75) is 32.2 Å². The largest absolute Gasteiger partial charge is 0.357 e. The Hall–Kier alpha value is -3.14. The lowest BCUT2D eigenvalue weighted by molar-refractivity contribution is -0.139. The van der Waals surface area contributed by atoms with Crippen LogP contribution in [-0.4, -0.2) is 36.3 Å². The molecule has 150 valence electrons. The van der Waals surface area contributed by atoms with Crippen LogP contribution in [0.4, 0.5) is 0 Å². The quantitative estimate of drug-likeness (QED) is 0.635. The Kier molecular flexibility index (Phi) is 7.01. The molecule has 3 aromatic carbocycles. The number of aryl methyl sites for hydroxylation is 1. The van der Waals surface area contributed by atoms with Crippen LogP contribution in [0.3, 0.4) is 0 Å². The maximum absolute atomic E-state index is 13.1. The molecule has 0 bridgehead atoms. The first kappa shape index (κ1) is 20.6. The first-order valence-corrected chi connectivity index (χ1v) is 10.1. The number of fused-ring (bicyclic) bond motifs is 1. The van der Waals surface area contributed by atoms with Gasteiger partial charge in [0.1, 0.15) is 6.04 Å². The molecule has 1 unspecified atom stereocenters. The SMILES string of the molecule is CNC(=O)C(C)N(CCc1ccccc1)C(=O)CCc1cccc2ccccc12. The highest BCUT2D eigenvalue weighted by Gasteiger charge is 2.24. The number of likely N-dealkylation sites (N-methyl/N-ethyl adjacent to an activating group) is 1. The Morgan fingerprint density at radius 2 is 1.59 bits per heavy atom. The van der Waals surface area contributed by atoms with Crippen molar-refractivity contribution >= 4 is 22.6 Å². The highest BCUT2D eigenvalue weighted by Crippen LogP contribution is 2.20. The summed E-state index contributed by atoms with van der Waals surface area (Å²) in [6.45, 7) is 2.31. The molecule has 0 aliphatic rings. The number of carbonyl (C=O) groups is 2. The summed E-state index contributed by atoms with van der Waals surface area (Å²) in [5.74, 6) is -0.137. The van der Waals surface area contributed by atoms with E-state index in [0.717, 1.165) is 17.5 Å². The van der Waals surface area contributed by atoms with Crippen molar-refractivity contribution in [3.8, 4) is 0 Å². The number of benzene rings is 3. The van der Waals surface area contributed by atoms with E-state index in [0.29, 0.717) is 19.4 Å². The number of nitrogens with one attached hydrogen (secondary N) is 1. The van der Waals surface area contributed by atoms with Crippen molar-refractivity contribution in [2.24, 2.45) is 0 Å². The van der Waals surface area contributed by atoms with Crippen LogP contribution in [0.1, 0.15) is 24.5 Å². The van der Waals surface area contributed by atoms with E-state index in [2.05, 4.69) is 29.6 Å². The van der Waals surface area contributed by atoms with Crippen molar-refractivity contribution in [1.82, 2.24) is 10.2 Å². The number of hydrogen-bond acceptors (Lipinski definition) is 2. The van der Waals surface area contributed by atoms with Gasteiger partial charge in [-0.05, 0) is 41.7 Å². The molecule has 0 fully saturated rings. The predicted octanol–water partition coefficient (Wildman–Crippen LogP) is 3.98. The van der Waals surface area contributed by atoms with Gasteiger partial charge < -0.3 is 10.2 Å². The molecule has 0 aliphatic heterocycles. The first-order chi connectivity index (χ1) is 14.1. The highest BCUT2D eigenvalue weighted by atomic mass is 16.2. The summed E-state index contributed by atoms with van der Waals surface area (Å²) in [7, 11) is 1.61. The lowest BCUT2D eigenvalue weighted by atomic mass is 10.0. The van der Waals surface area contributed by atoms with Crippen LogP contribution in [0, 0.1) is 0 Å². The minimum Gasteiger partial charge on any atom is -0.357 e. The topological polar surface area (TPSA) is 49.4 Å². The third-order valence-electron chi connectivity index (χ3n) is 5.39. The van der Waals surface area contributed by atoms with Crippen LogP contribution in [0.5, 0.6) is 0 Å². The van der Waals surface area contributed by atoms with E-state index < -0.39 is 6.04 Å². The summed E-state index contributed by atoms with van der Waals surface area (Å²) in [5.41, 5.74) is 2.32. The zero-order valence-corrected chi connectivity index (χ0v) is 17.1. The summed E-state index contributed by atoms with van der Waals surface area (Å²) in [6, 6.07) is 24.0. The molecule has 4 heteroatoms. The summed E-state index contributed by atoms with van der Waals surface area (Å²) in [6.07, 6.45) is 1.76. The lowest BCUT2D eigenvalue weighted by Crippen LogP contribution is -2.48. The second-order valence-corrected chi connectivity index (χ2v) is 7.25. The van der Waals surface area contributed by atoms with E-state index in [4.69, 9.17) is 0 Å². The number of carbonyl (C=O) groups excluding carboxylic acids is 2. The molecule has 4 nitrogen and oxygen atoms in total. The van der Waals surface area contributed by atoms with E-state index in [1.165, 1.54) is 10.8 Å². The summed E-state index contributed by atoms with van der Waals surface area (Å²) < 4.78 is 0. The number of nitrogens with zero attached hydrogens (tertiary/aromatic N) is 1. The molecule has 0 aromatic heterocycles. The van der Waals surface area contributed by atoms with Gasteiger partial charge in [-0.2, -0.15) is 0 Å². The molecule has 0 radical (unpaired) electrons. The molecule has 0 saturated carbocycles. The van der Waals surface area contributed by atoms with Crippen molar-refractivity contribution in [2.75, 3.05) is 13.6 Å². The van der Waals surface area contributed by atoms with Gasteiger partial charge in [0.2, 0.25) is 11.8 Å². The summed E-state index contributed by atoms with van der Waals surface area (Å²) >= 11 is 0. The lowest BCUT2D eigenvalue weighted by Gasteiger charge is -2.28. The summed E-state index contributed by atoms with van der Waals surface area (Å²) in [5, 5.41) is 5.02. The van der Waals surface area contributed by atoms with Crippen molar-refractivity contribution in [3.05, 3.63) is 83.9 Å².